The molecule has 1 aromatic carbocycles. The average molecular weight is 233 g/mol. The predicted molar refractivity (Wildman–Crippen MR) is 67.0 cm³/mol. The minimum Gasteiger partial charge on any atom is -0.388 e. The molecule has 1 atom stereocenters. The number of benzene rings is 1. The van der Waals surface area contributed by atoms with Gasteiger partial charge in [0.1, 0.15) is 0 Å². The van der Waals surface area contributed by atoms with E-state index in [1.165, 1.54) is 0 Å². The Morgan fingerprint density at radius 1 is 1.35 bits per heavy atom. The van der Waals surface area contributed by atoms with Gasteiger partial charge in [-0.15, -0.1) is 0 Å². The third kappa shape index (κ3) is 2.73. The highest BCUT2D eigenvalue weighted by Crippen LogP contribution is 2.30. The Hall–Kier alpha value is -1.19. The first-order chi connectivity index (χ1) is 8.20. The fraction of sp³-hybridized carbons (Fsp3) is 0.500. The van der Waals surface area contributed by atoms with E-state index in [1.54, 1.807) is 13.0 Å². The number of ketones is 1. The zero-order valence-corrected chi connectivity index (χ0v) is 10.1. The van der Waals surface area contributed by atoms with Crippen molar-refractivity contribution in [3.63, 3.8) is 0 Å². The summed E-state index contributed by atoms with van der Waals surface area (Å²) in [4.78, 5) is 11.5. The van der Waals surface area contributed by atoms with Crippen molar-refractivity contribution in [2.45, 2.75) is 25.9 Å². The van der Waals surface area contributed by atoms with Crippen molar-refractivity contribution in [1.82, 2.24) is 5.32 Å². The topological polar surface area (TPSA) is 49.3 Å². The van der Waals surface area contributed by atoms with Crippen molar-refractivity contribution in [1.29, 1.82) is 0 Å². The summed E-state index contributed by atoms with van der Waals surface area (Å²) >= 11 is 0. The van der Waals surface area contributed by atoms with Crippen molar-refractivity contribution in [3.8, 4) is 0 Å². The average Bonchev–Trinajstić information content (AvgIpc) is 2.39. The summed E-state index contributed by atoms with van der Waals surface area (Å²) in [7, 11) is 0. The summed E-state index contributed by atoms with van der Waals surface area (Å²) < 4.78 is 0. The Bertz CT molecular complexity index is 397. The molecule has 0 spiro atoms. The second kappa shape index (κ2) is 5.43. The molecular formula is C14H19NO2. The highest BCUT2D eigenvalue weighted by atomic mass is 16.3. The molecule has 1 saturated heterocycles. The molecule has 2 N–H and O–H groups in total. The molecular weight excluding hydrogens is 214 g/mol. The molecule has 92 valence electrons. The molecule has 3 nitrogen and oxygen atoms in total. The summed E-state index contributed by atoms with van der Waals surface area (Å²) in [5.74, 6) is 0.283. The molecule has 3 heteroatoms. The largest absolute Gasteiger partial charge is 0.388 e. The molecule has 2 rings (SSSR count). The van der Waals surface area contributed by atoms with Gasteiger partial charge in [-0.25, -0.2) is 0 Å². The van der Waals surface area contributed by atoms with Crippen LogP contribution in [-0.4, -0.2) is 24.0 Å². The Balaban J connectivity index is 2.23. The van der Waals surface area contributed by atoms with Crippen molar-refractivity contribution < 1.29 is 9.90 Å². The van der Waals surface area contributed by atoms with Crippen LogP contribution >= 0.6 is 0 Å². The summed E-state index contributed by atoms with van der Waals surface area (Å²) in [6.45, 7) is 3.45. The van der Waals surface area contributed by atoms with Crippen LogP contribution in [0.15, 0.2) is 24.3 Å². The lowest BCUT2D eigenvalue weighted by atomic mass is 9.85. The lowest BCUT2D eigenvalue weighted by molar-refractivity contribution is 0.0855. The van der Waals surface area contributed by atoms with Crippen LogP contribution in [0.4, 0.5) is 0 Å². The van der Waals surface area contributed by atoms with Gasteiger partial charge in [-0.2, -0.15) is 0 Å². The molecule has 1 aliphatic heterocycles. The van der Waals surface area contributed by atoms with E-state index in [4.69, 9.17) is 0 Å². The number of aliphatic hydroxyl groups excluding tert-OH is 1. The molecule has 0 bridgehead atoms. The monoisotopic (exact) mass is 233 g/mol. The molecule has 0 aliphatic carbocycles. The van der Waals surface area contributed by atoms with Crippen LogP contribution in [0.5, 0.6) is 0 Å². The maximum atomic E-state index is 11.5. The van der Waals surface area contributed by atoms with E-state index in [2.05, 4.69) is 5.32 Å². The molecule has 1 unspecified atom stereocenters. The summed E-state index contributed by atoms with van der Waals surface area (Å²) in [5, 5.41) is 13.7. The quantitative estimate of drug-likeness (QED) is 0.784. The van der Waals surface area contributed by atoms with E-state index in [0.717, 1.165) is 31.5 Å². The first kappa shape index (κ1) is 12.3. The molecule has 17 heavy (non-hydrogen) atoms. The minimum atomic E-state index is -0.516. The van der Waals surface area contributed by atoms with Gasteiger partial charge in [0.2, 0.25) is 0 Å². The third-order valence-electron chi connectivity index (χ3n) is 3.49. The van der Waals surface area contributed by atoms with E-state index in [-0.39, 0.29) is 11.7 Å². The number of carbonyl (C=O) groups is 1. The van der Waals surface area contributed by atoms with Crippen LogP contribution in [0.1, 0.15) is 41.8 Å². The zero-order valence-electron chi connectivity index (χ0n) is 10.1. The lowest BCUT2D eigenvalue weighted by Gasteiger charge is -2.28. The highest BCUT2D eigenvalue weighted by molar-refractivity contribution is 5.95. The first-order valence-electron chi connectivity index (χ1n) is 6.19. The Labute approximate surface area is 102 Å². The number of nitrogens with one attached hydrogen (secondary N) is 1. The smallest absolute Gasteiger partial charge is 0.160 e. The molecule has 1 fully saturated rings. The van der Waals surface area contributed by atoms with Crippen LogP contribution in [0, 0.1) is 5.92 Å². The summed E-state index contributed by atoms with van der Waals surface area (Å²) in [6.07, 6.45) is 1.41. The van der Waals surface area contributed by atoms with Gasteiger partial charge in [0, 0.05) is 5.56 Å². The van der Waals surface area contributed by atoms with Gasteiger partial charge in [0.05, 0.1) is 6.10 Å². The Morgan fingerprint density at radius 2 is 2.00 bits per heavy atom. The van der Waals surface area contributed by atoms with E-state index in [1.807, 2.05) is 18.2 Å². The number of carbonyl (C=O) groups excluding carboxylic acids is 1. The van der Waals surface area contributed by atoms with Gasteiger partial charge in [-0.1, -0.05) is 24.3 Å². The number of hydrogen-bond donors (Lipinski definition) is 2. The van der Waals surface area contributed by atoms with E-state index >= 15 is 0 Å². The molecule has 1 heterocycles. The van der Waals surface area contributed by atoms with Crippen molar-refractivity contribution in [2.24, 2.45) is 5.92 Å². The van der Waals surface area contributed by atoms with Gasteiger partial charge in [0.15, 0.2) is 5.78 Å². The number of aliphatic hydroxyl groups is 1. The van der Waals surface area contributed by atoms with E-state index in [0.29, 0.717) is 5.56 Å². The maximum Gasteiger partial charge on any atom is 0.160 e. The SMILES string of the molecule is CC(=O)c1ccccc1C(O)C1CCNCC1. The molecule has 0 radical (unpaired) electrons. The zero-order chi connectivity index (χ0) is 12.3. The number of piperidine rings is 1. The number of rotatable bonds is 3. The summed E-state index contributed by atoms with van der Waals surface area (Å²) in [5.41, 5.74) is 1.44. The Morgan fingerprint density at radius 3 is 2.65 bits per heavy atom. The van der Waals surface area contributed by atoms with Gasteiger partial charge in [0.25, 0.3) is 0 Å². The molecule has 1 aromatic rings. The minimum absolute atomic E-state index is 0.0218. The van der Waals surface area contributed by atoms with Gasteiger partial charge in [-0.05, 0) is 44.3 Å². The fourth-order valence-electron chi connectivity index (χ4n) is 2.49. The Kier molecular flexibility index (Phi) is 3.92. The van der Waals surface area contributed by atoms with Gasteiger partial charge in [-0.3, -0.25) is 4.79 Å². The lowest BCUT2D eigenvalue weighted by Crippen LogP contribution is -2.31. The normalized spacial score (nSPS) is 18.9. The third-order valence-corrected chi connectivity index (χ3v) is 3.49. The van der Waals surface area contributed by atoms with Crippen LogP contribution in [0.3, 0.4) is 0 Å². The van der Waals surface area contributed by atoms with Gasteiger partial charge < -0.3 is 10.4 Å². The molecule has 0 aromatic heterocycles. The fourth-order valence-corrected chi connectivity index (χ4v) is 2.49. The van der Waals surface area contributed by atoms with E-state index < -0.39 is 6.10 Å². The molecule has 0 amide bonds. The number of Topliss-reactive ketones (excluding diaryl/α,β-unsaturated/α-hetero) is 1. The van der Waals surface area contributed by atoms with E-state index in [9.17, 15) is 9.90 Å². The van der Waals surface area contributed by atoms with Crippen molar-refractivity contribution >= 4 is 5.78 Å². The molecule has 0 saturated carbocycles. The van der Waals surface area contributed by atoms with Crippen LogP contribution in [0.25, 0.3) is 0 Å². The van der Waals surface area contributed by atoms with Crippen LogP contribution in [0.2, 0.25) is 0 Å². The second-order valence-corrected chi connectivity index (χ2v) is 4.68. The standard InChI is InChI=1S/C14H19NO2/c1-10(16)12-4-2-3-5-13(12)14(17)11-6-8-15-9-7-11/h2-5,11,14-15,17H,6-9H2,1H3. The number of hydrogen-bond acceptors (Lipinski definition) is 3. The molecule has 1 aliphatic rings. The second-order valence-electron chi connectivity index (χ2n) is 4.68. The van der Waals surface area contributed by atoms with Crippen LogP contribution < -0.4 is 5.32 Å². The van der Waals surface area contributed by atoms with Gasteiger partial charge >= 0.3 is 0 Å². The predicted octanol–water partition coefficient (Wildman–Crippen LogP) is 1.92. The van der Waals surface area contributed by atoms with Crippen LogP contribution in [-0.2, 0) is 0 Å². The maximum absolute atomic E-state index is 11.5. The van der Waals surface area contributed by atoms with Crippen molar-refractivity contribution in [2.75, 3.05) is 13.1 Å². The highest BCUT2D eigenvalue weighted by Gasteiger charge is 2.25. The van der Waals surface area contributed by atoms with Crippen molar-refractivity contribution in [3.05, 3.63) is 35.4 Å². The first-order valence-corrected chi connectivity index (χ1v) is 6.19. The summed E-state index contributed by atoms with van der Waals surface area (Å²) in [6, 6.07) is 7.38.